The number of hydrogen-bond acceptors (Lipinski definition) is 4. The van der Waals surface area contributed by atoms with Gasteiger partial charge in [0.25, 0.3) is 0 Å². The van der Waals surface area contributed by atoms with Crippen molar-refractivity contribution in [3.05, 3.63) is 104 Å². The summed E-state index contributed by atoms with van der Waals surface area (Å²) in [6.07, 6.45) is 6.40. The molecular weight excluding hydrogens is 655 g/mol. The van der Waals surface area contributed by atoms with Crippen LogP contribution < -0.4 is 0 Å². The minimum Gasteiger partial charge on any atom is -0.306 e. The molecule has 1 saturated heterocycles. The summed E-state index contributed by atoms with van der Waals surface area (Å²) in [6, 6.07) is 8.56. The van der Waals surface area contributed by atoms with Gasteiger partial charge in [-0.15, -0.1) is 0 Å². The Morgan fingerprint density at radius 1 is 1.04 bits per heavy atom. The largest absolute Gasteiger partial charge is 0.416 e. The maximum Gasteiger partial charge on any atom is 0.416 e. The van der Waals surface area contributed by atoms with Crippen molar-refractivity contribution in [3.63, 3.8) is 0 Å². The number of nitrogens with zero attached hydrogens (tertiary/aromatic N) is 3. The molecule has 0 saturated carbocycles. The molecule has 0 radical (unpaired) electrons. The van der Waals surface area contributed by atoms with Crippen molar-refractivity contribution < 1.29 is 18.0 Å². The van der Waals surface area contributed by atoms with E-state index in [1.165, 1.54) is 11.6 Å². The number of allylic oxidation sites excluding steroid dienone is 5. The molecular formula is C42H49ClF3N3O. The molecule has 0 bridgehead atoms. The summed E-state index contributed by atoms with van der Waals surface area (Å²) in [7, 11) is 2.11. The van der Waals surface area contributed by atoms with Gasteiger partial charge in [0.15, 0.2) is 5.78 Å². The fraction of sp³-hybridized carbons (Fsp3) is 0.476. The monoisotopic (exact) mass is 703 g/mol. The number of halogens is 4. The van der Waals surface area contributed by atoms with Gasteiger partial charge in [-0.1, -0.05) is 62.6 Å². The fourth-order valence-corrected chi connectivity index (χ4v) is 7.54. The minimum absolute atomic E-state index is 0.0235. The number of ketones is 1. The van der Waals surface area contributed by atoms with Crippen LogP contribution in [0.25, 0.3) is 0 Å². The van der Waals surface area contributed by atoms with Gasteiger partial charge in [-0.05, 0) is 149 Å². The average molecular weight is 704 g/mol. The highest BCUT2D eigenvalue weighted by Crippen LogP contribution is 2.36. The molecule has 0 aliphatic carbocycles. The second-order valence-electron chi connectivity index (χ2n) is 14.3. The minimum atomic E-state index is -4.42. The molecule has 1 fully saturated rings. The quantitative estimate of drug-likeness (QED) is 0.193. The number of hydrogen-bond donors (Lipinski definition) is 0. The standard InChI is InChI=1S/C42H49ClF3N3O/c1-7-35-36(18-16-34-25-29(4)30(5)39-19-20-41(43)47-49(34)39)28(3)11-17-37(35)40(50)10-8-9-31-12-13-33(38(26-31)42(44,45)46)15-14-32-22-24-48(6)23-21-27(32)2/h11-13,17,19-20,25-27,29,32H,7-10,14-15,21-24H2,1-6H3. The average Bonchev–Trinajstić information content (AvgIpc) is 3.24. The van der Waals surface area contributed by atoms with E-state index in [9.17, 15) is 18.0 Å². The van der Waals surface area contributed by atoms with Crippen LogP contribution in [-0.4, -0.2) is 41.0 Å². The molecule has 0 aromatic heterocycles. The summed E-state index contributed by atoms with van der Waals surface area (Å²) in [5, 5.41) is 6.64. The molecule has 2 aromatic rings. The van der Waals surface area contributed by atoms with E-state index in [-0.39, 0.29) is 18.1 Å². The van der Waals surface area contributed by atoms with Gasteiger partial charge in [0.1, 0.15) is 10.9 Å². The van der Waals surface area contributed by atoms with E-state index in [1.807, 2.05) is 38.1 Å². The SMILES string of the molecule is CCc1c(C(=O)CCCc2ccc(CCC3CCN(C)CCC3C)c(C(F)(F)F)c2)ccc(C)c1C#CC1=CC(C)C(C)=C2C=CC(Cl)=NN12. The number of benzene rings is 2. The molecule has 0 N–H and O–H groups in total. The van der Waals surface area contributed by atoms with Crippen LogP contribution in [0.3, 0.4) is 0 Å². The lowest BCUT2D eigenvalue weighted by Crippen LogP contribution is -2.25. The van der Waals surface area contributed by atoms with Crippen molar-refractivity contribution in [2.75, 3.05) is 20.1 Å². The summed E-state index contributed by atoms with van der Waals surface area (Å²) < 4.78 is 42.7. The summed E-state index contributed by atoms with van der Waals surface area (Å²) in [4.78, 5) is 15.9. The fourth-order valence-electron chi connectivity index (χ4n) is 7.40. The van der Waals surface area contributed by atoms with E-state index < -0.39 is 11.7 Å². The van der Waals surface area contributed by atoms with Crippen molar-refractivity contribution in [1.82, 2.24) is 9.91 Å². The summed E-state index contributed by atoms with van der Waals surface area (Å²) in [5.41, 5.74) is 6.61. The first-order chi connectivity index (χ1) is 23.8. The Labute approximate surface area is 301 Å². The first kappa shape index (κ1) is 37.7. The number of Topliss-reactive ketones (excluding diaryl/α,β-unsaturated/α-hetero) is 1. The predicted molar refractivity (Wildman–Crippen MR) is 198 cm³/mol. The molecule has 0 spiro atoms. The number of carbonyl (C=O) groups excluding carboxylic acids is 1. The topological polar surface area (TPSA) is 35.9 Å². The first-order valence-electron chi connectivity index (χ1n) is 18.0. The highest BCUT2D eigenvalue weighted by atomic mass is 35.5. The maximum atomic E-state index is 14.2. The molecule has 5 rings (SSSR count). The molecule has 3 heterocycles. The maximum absolute atomic E-state index is 14.2. The van der Waals surface area contributed by atoms with Crippen molar-refractivity contribution in [2.24, 2.45) is 22.9 Å². The Morgan fingerprint density at radius 3 is 2.54 bits per heavy atom. The van der Waals surface area contributed by atoms with Crippen molar-refractivity contribution in [2.45, 2.75) is 92.2 Å². The molecule has 3 aliphatic heterocycles. The molecule has 266 valence electrons. The van der Waals surface area contributed by atoms with Gasteiger partial charge in [-0.2, -0.15) is 18.3 Å². The molecule has 2 aromatic carbocycles. The number of carbonyl (C=O) groups is 1. The number of likely N-dealkylation sites (tertiary alicyclic amines) is 1. The molecule has 3 unspecified atom stereocenters. The van der Waals surface area contributed by atoms with Gasteiger partial charge in [0.05, 0.1) is 11.3 Å². The predicted octanol–water partition coefficient (Wildman–Crippen LogP) is 10.3. The number of aryl methyl sites for hydroxylation is 3. The van der Waals surface area contributed by atoms with Crippen molar-refractivity contribution >= 4 is 22.6 Å². The molecule has 3 aliphatic rings. The number of rotatable bonds is 9. The van der Waals surface area contributed by atoms with Crippen molar-refractivity contribution in [1.29, 1.82) is 0 Å². The van der Waals surface area contributed by atoms with E-state index >= 15 is 0 Å². The van der Waals surface area contributed by atoms with Gasteiger partial charge in [-0.3, -0.25) is 4.79 Å². The zero-order valence-electron chi connectivity index (χ0n) is 30.2. The van der Waals surface area contributed by atoms with E-state index in [0.717, 1.165) is 60.4 Å². The third kappa shape index (κ3) is 8.82. The van der Waals surface area contributed by atoms with Crippen molar-refractivity contribution in [3.8, 4) is 11.8 Å². The zero-order chi connectivity index (χ0) is 36.2. The second-order valence-corrected chi connectivity index (χ2v) is 14.7. The molecule has 3 atom stereocenters. The van der Waals surface area contributed by atoms with E-state index in [4.69, 9.17) is 11.6 Å². The summed E-state index contributed by atoms with van der Waals surface area (Å²) in [6.45, 7) is 12.5. The molecule has 4 nitrogen and oxygen atoms in total. The van der Waals surface area contributed by atoms with Crippen LogP contribution in [0.5, 0.6) is 0 Å². The molecule has 0 amide bonds. The van der Waals surface area contributed by atoms with Crippen LogP contribution in [-0.2, 0) is 25.4 Å². The summed E-state index contributed by atoms with van der Waals surface area (Å²) in [5.74, 6) is 7.75. The number of fused-ring (bicyclic) bond motifs is 1. The van der Waals surface area contributed by atoms with Gasteiger partial charge < -0.3 is 4.90 Å². The van der Waals surface area contributed by atoms with Gasteiger partial charge in [0.2, 0.25) is 0 Å². The number of hydrazone groups is 1. The normalized spacial score (nSPS) is 21.2. The van der Waals surface area contributed by atoms with Crippen LogP contribution in [0.15, 0.2) is 70.6 Å². The lowest BCUT2D eigenvalue weighted by Gasteiger charge is -2.30. The van der Waals surface area contributed by atoms with E-state index in [0.29, 0.717) is 59.4 Å². The Bertz CT molecular complexity index is 1790. The van der Waals surface area contributed by atoms with Gasteiger partial charge >= 0.3 is 6.18 Å². The Kier molecular flexibility index (Phi) is 12.2. The number of alkyl halides is 3. The molecule has 8 heteroatoms. The Morgan fingerprint density at radius 2 is 1.80 bits per heavy atom. The Balaban J connectivity index is 1.28. The van der Waals surface area contributed by atoms with Gasteiger partial charge in [-0.25, -0.2) is 5.01 Å². The third-order valence-electron chi connectivity index (χ3n) is 10.8. The zero-order valence-corrected chi connectivity index (χ0v) is 30.9. The van der Waals surface area contributed by atoms with E-state index in [1.54, 1.807) is 17.2 Å². The second kappa shape index (κ2) is 16.2. The summed E-state index contributed by atoms with van der Waals surface area (Å²) >= 11 is 6.23. The van der Waals surface area contributed by atoms with E-state index in [2.05, 4.69) is 55.7 Å². The lowest BCUT2D eigenvalue weighted by molar-refractivity contribution is -0.138. The van der Waals surface area contributed by atoms with Gasteiger partial charge in [0, 0.05) is 23.5 Å². The van der Waals surface area contributed by atoms with Crippen LogP contribution in [0.1, 0.15) is 104 Å². The Hall–Kier alpha value is -3.60. The van der Waals surface area contributed by atoms with Crippen LogP contribution >= 0.6 is 11.6 Å². The van der Waals surface area contributed by atoms with Crippen LogP contribution in [0.2, 0.25) is 0 Å². The first-order valence-corrected chi connectivity index (χ1v) is 18.3. The lowest BCUT2D eigenvalue weighted by atomic mass is 9.84. The highest BCUT2D eigenvalue weighted by molar-refractivity contribution is 6.68. The third-order valence-corrected chi connectivity index (χ3v) is 11.0. The highest BCUT2D eigenvalue weighted by Gasteiger charge is 2.34. The molecule has 50 heavy (non-hydrogen) atoms. The smallest absolute Gasteiger partial charge is 0.306 e. The van der Waals surface area contributed by atoms with Crippen LogP contribution in [0, 0.1) is 36.5 Å². The van der Waals surface area contributed by atoms with Crippen LogP contribution in [0.4, 0.5) is 13.2 Å².